The van der Waals surface area contributed by atoms with Gasteiger partial charge in [-0.15, -0.1) is 0 Å². The average molecular weight is 396 g/mol. The minimum absolute atomic E-state index is 0.0545. The lowest BCUT2D eigenvalue weighted by atomic mass is 9.97. The van der Waals surface area contributed by atoms with Gasteiger partial charge in [0.05, 0.1) is 4.92 Å². The Kier molecular flexibility index (Phi) is 6.34. The standard InChI is InChI=1S/C19H26ClN3O4/c1-13-11-21(5-6-22(13)19(24)15-3-7-27-8-4-15)12-16-9-17(20)10-18(14(16)2)23(25)26/h9-10,13,15H,3-8,11-12H2,1-2H3/t13-/m0/s1. The van der Waals surface area contributed by atoms with Gasteiger partial charge in [-0.2, -0.15) is 0 Å². The van der Waals surface area contributed by atoms with Crippen molar-refractivity contribution < 1.29 is 14.5 Å². The fourth-order valence-corrected chi connectivity index (χ4v) is 4.23. The first kappa shape index (κ1) is 20.0. The van der Waals surface area contributed by atoms with Gasteiger partial charge in [-0.05, 0) is 38.3 Å². The Labute approximate surface area is 164 Å². The van der Waals surface area contributed by atoms with Gasteiger partial charge < -0.3 is 9.64 Å². The Bertz CT molecular complexity index is 721. The molecular formula is C19H26ClN3O4. The van der Waals surface area contributed by atoms with Crippen molar-refractivity contribution >= 4 is 23.2 Å². The number of nitro groups is 1. The predicted octanol–water partition coefficient (Wildman–Crippen LogP) is 3.02. The van der Waals surface area contributed by atoms with Gasteiger partial charge in [0.1, 0.15) is 0 Å². The Morgan fingerprint density at radius 2 is 2.04 bits per heavy atom. The average Bonchev–Trinajstić information content (AvgIpc) is 2.64. The van der Waals surface area contributed by atoms with Gasteiger partial charge in [-0.25, -0.2) is 0 Å². The number of piperazine rings is 1. The molecule has 0 bridgehead atoms. The molecule has 148 valence electrons. The Balaban J connectivity index is 1.65. The van der Waals surface area contributed by atoms with Crippen LogP contribution in [0.25, 0.3) is 0 Å². The van der Waals surface area contributed by atoms with E-state index in [1.807, 2.05) is 4.90 Å². The van der Waals surface area contributed by atoms with Gasteiger partial charge in [0, 0.05) is 68.0 Å². The van der Waals surface area contributed by atoms with E-state index in [0.29, 0.717) is 36.9 Å². The molecule has 0 aromatic heterocycles. The molecular weight excluding hydrogens is 370 g/mol. The molecule has 0 aliphatic carbocycles. The highest BCUT2D eigenvalue weighted by Crippen LogP contribution is 2.28. The summed E-state index contributed by atoms with van der Waals surface area (Å²) >= 11 is 6.08. The fourth-order valence-electron chi connectivity index (χ4n) is 4.00. The third-order valence-electron chi connectivity index (χ3n) is 5.61. The van der Waals surface area contributed by atoms with Crippen LogP contribution in [0.2, 0.25) is 5.02 Å². The number of rotatable bonds is 4. The minimum atomic E-state index is -0.391. The van der Waals surface area contributed by atoms with Crippen LogP contribution in [0.1, 0.15) is 30.9 Å². The summed E-state index contributed by atoms with van der Waals surface area (Å²) in [4.78, 5) is 27.9. The second-order valence-electron chi connectivity index (χ2n) is 7.47. The van der Waals surface area contributed by atoms with Gasteiger partial charge in [0.2, 0.25) is 5.91 Å². The molecule has 0 unspecified atom stereocenters. The first-order valence-corrected chi connectivity index (χ1v) is 9.78. The number of halogens is 1. The van der Waals surface area contributed by atoms with Crippen LogP contribution in [0.15, 0.2) is 12.1 Å². The van der Waals surface area contributed by atoms with E-state index < -0.39 is 4.92 Å². The van der Waals surface area contributed by atoms with Crippen LogP contribution in [0.4, 0.5) is 5.69 Å². The summed E-state index contributed by atoms with van der Waals surface area (Å²) in [6.07, 6.45) is 1.61. The molecule has 1 amide bonds. The molecule has 1 atom stereocenters. The molecule has 2 saturated heterocycles. The maximum Gasteiger partial charge on any atom is 0.274 e. The summed E-state index contributed by atoms with van der Waals surface area (Å²) in [5, 5.41) is 11.6. The van der Waals surface area contributed by atoms with E-state index >= 15 is 0 Å². The van der Waals surface area contributed by atoms with Crippen LogP contribution >= 0.6 is 11.6 Å². The summed E-state index contributed by atoms with van der Waals surface area (Å²) in [5.41, 5.74) is 1.57. The van der Waals surface area contributed by atoms with Crippen molar-refractivity contribution in [2.75, 3.05) is 32.8 Å². The van der Waals surface area contributed by atoms with Crippen LogP contribution in [0, 0.1) is 23.0 Å². The summed E-state index contributed by atoms with van der Waals surface area (Å²) < 4.78 is 5.36. The molecule has 2 aliphatic rings. The Morgan fingerprint density at radius 1 is 1.33 bits per heavy atom. The number of carbonyl (C=O) groups is 1. The molecule has 8 heteroatoms. The van der Waals surface area contributed by atoms with Crippen molar-refractivity contribution in [2.45, 2.75) is 39.3 Å². The number of carbonyl (C=O) groups excluding carboxylic acids is 1. The lowest BCUT2D eigenvalue weighted by molar-refractivity contribution is -0.385. The Hall–Kier alpha value is -1.70. The monoisotopic (exact) mass is 395 g/mol. The topological polar surface area (TPSA) is 75.9 Å². The fraction of sp³-hybridized carbons (Fsp3) is 0.632. The number of amides is 1. The number of nitro benzene ring substituents is 1. The number of hydrogen-bond acceptors (Lipinski definition) is 5. The zero-order chi connectivity index (χ0) is 19.6. The molecule has 2 heterocycles. The normalized spacial score (nSPS) is 22.0. The second-order valence-corrected chi connectivity index (χ2v) is 7.90. The highest BCUT2D eigenvalue weighted by Gasteiger charge is 2.33. The zero-order valence-electron chi connectivity index (χ0n) is 15.8. The third kappa shape index (κ3) is 4.59. The summed E-state index contributed by atoms with van der Waals surface area (Å²) in [7, 11) is 0. The number of nitrogens with zero attached hydrogens (tertiary/aromatic N) is 3. The number of hydrogen-bond donors (Lipinski definition) is 0. The first-order chi connectivity index (χ1) is 12.9. The molecule has 2 fully saturated rings. The van der Waals surface area contributed by atoms with Crippen molar-refractivity contribution in [1.82, 2.24) is 9.80 Å². The van der Waals surface area contributed by atoms with Crippen molar-refractivity contribution in [1.29, 1.82) is 0 Å². The summed E-state index contributed by atoms with van der Waals surface area (Å²) in [5.74, 6) is 0.311. The Morgan fingerprint density at radius 3 is 2.67 bits per heavy atom. The van der Waals surface area contributed by atoms with Gasteiger partial charge in [-0.1, -0.05) is 11.6 Å². The lowest BCUT2D eigenvalue weighted by Gasteiger charge is -2.42. The molecule has 0 saturated carbocycles. The maximum absolute atomic E-state index is 12.8. The predicted molar refractivity (Wildman–Crippen MR) is 103 cm³/mol. The van der Waals surface area contributed by atoms with Crippen molar-refractivity contribution in [3.63, 3.8) is 0 Å². The van der Waals surface area contributed by atoms with Crippen LogP contribution in [-0.2, 0) is 16.1 Å². The van der Waals surface area contributed by atoms with E-state index in [1.165, 1.54) is 6.07 Å². The smallest absolute Gasteiger partial charge is 0.274 e. The molecule has 0 N–H and O–H groups in total. The molecule has 1 aromatic carbocycles. The van der Waals surface area contributed by atoms with Crippen LogP contribution < -0.4 is 0 Å². The third-order valence-corrected chi connectivity index (χ3v) is 5.83. The van der Waals surface area contributed by atoms with E-state index in [9.17, 15) is 14.9 Å². The lowest BCUT2D eigenvalue weighted by Crippen LogP contribution is -2.55. The summed E-state index contributed by atoms with van der Waals surface area (Å²) in [6.45, 7) is 7.92. The second kappa shape index (κ2) is 8.54. The van der Waals surface area contributed by atoms with E-state index in [1.54, 1.807) is 13.0 Å². The van der Waals surface area contributed by atoms with Crippen LogP contribution in [0.3, 0.4) is 0 Å². The van der Waals surface area contributed by atoms with E-state index in [2.05, 4.69) is 11.8 Å². The van der Waals surface area contributed by atoms with E-state index in [4.69, 9.17) is 16.3 Å². The molecule has 0 radical (unpaired) electrons. The molecule has 3 rings (SSSR count). The van der Waals surface area contributed by atoms with E-state index in [-0.39, 0.29) is 23.6 Å². The summed E-state index contributed by atoms with van der Waals surface area (Å²) in [6, 6.07) is 3.31. The van der Waals surface area contributed by atoms with E-state index in [0.717, 1.165) is 31.5 Å². The minimum Gasteiger partial charge on any atom is -0.381 e. The zero-order valence-corrected chi connectivity index (χ0v) is 16.6. The molecule has 2 aliphatic heterocycles. The molecule has 7 nitrogen and oxygen atoms in total. The van der Waals surface area contributed by atoms with Gasteiger partial charge in [-0.3, -0.25) is 19.8 Å². The van der Waals surface area contributed by atoms with Crippen LogP contribution in [0.5, 0.6) is 0 Å². The van der Waals surface area contributed by atoms with Gasteiger partial charge in [0.15, 0.2) is 0 Å². The maximum atomic E-state index is 12.8. The largest absolute Gasteiger partial charge is 0.381 e. The molecule has 1 aromatic rings. The molecule has 0 spiro atoms. The van der Waals surface area contributed by atoms with Crippen molar-refractivity contribution in [2.24, 2.45) is 5.92 Å². The highest BCUT2D eigenvalue weighted by atomic mass is 35.5. The SMILES string of the molecule is Cc1c(CN2CCN(C(=O)C3CCOCC3)[C@@H](C)C2)cc(Cl)cc1[N+](=O)[O-]. The quantitative estimate of drug-likeness (QED) is 0.578. The first-order valence-electron chi connectivity index (χ1n) is 9.40. The van der Waals surface area contributed by atoms with Crippen molar-refractivity contribution in [3.8, 4) is 0 Å². The highest BCUT2D eigenvalue weighted by molar-refractivity contribution is 6.30. The van der Waals surface area contributed by atoms with Gasteiger partial charge in [0.25, 0.3) is 5.69 Å². The number of ether oxygens (including phenoxy) is 1. The van der Waals surface area contributed by atoms with Crippen LogP contribution in [-0.4, -0.2) is 59.5 Å². The number of benzene rings is 1. The van der Waals surface area contributed by atoms with Crippen molar-refractivity contribution in [3.05, 3.63) is 38.4 Å². The molecule has 27 heavy (non-hydrogen) atoms. The van der Waals surface area contributed by atoms with Gasteiger partial charge >= 0.3 is 0 Å².